The van der Waals surface area contributed by atoms with Gasteiger partial charge >= 0.3 is 0 Å². The van der Waals surface area contributed by atoms with Gasteiger partial charge in [-0.25, -0.2) is 0 Å². The van der Waals surface area contributed by atoms with Crippen LogP contribution in [-0.2, 0) is 44.9 Å². The Hall–Kier alpha value is -3.58. The van der Waals surface area contributed by atoms with E-state index in [-0.39, 0.29) is 25.7 Å². The first-order valence-electron chi connectivity index (χ1n) is 13.3. The number of ketones is 2. The average Bonchev–Trinajstić information content (AvgIpc) is 3.19. The first-order valence-corrected chi connectivity index (χ1v) is 14.6. The summed E-state index contributed by atoms with van der Waals surface area (Å²) in [6.07, 6.45) is 0.808. The zero-order valence-corrected chi connectivity index (χ0v) is 24.6. The molecule has 12 nitrogen and oxygen atoms in total. The topological polar surface area (TPSA) is 182 Å². The summed E-state index contributed by atoms with van der Waals surface area (Å²) in [6, 6.07) is 5.91. The Bertz CT molecular complexity index is 1160. The van der Waals surface area contributed by atoms with Crippen LogP contribution in [0.5, 0.6) is 0 Å². The van der Waals surface area contributed by atoms with Crippen LogP contribution >= 0.6 is 11.8 Å². The quantitative estimate of drug-likeness (QED) is 0.225. The highest BCUT2D eigenvalue weighted by Crippen LogP contribution is 2.23. The number of hydrogen-bond acceptors (Lipinski definition) is 9. The summed E-state index contributed by atoms with van der Waals surface area (Å²) in [6.45, 7) is 5.41. The summed E-state index contributed by atoms with van der Waals surface area (Å²) in [5.41, 5.74) is 6.69. The predicted octanol–water partition coefficient (Wildman–Crippen LogP) is 1.20. The molecule has 1 heterocycles. The van der Waals surface area contributed by atoms with Crippen LogP contribution in [0.2, 0.25) is 0 Å². The minimum absolute atomic E-state index is 0.0402. The van der Waals surface area contributed by atoms with Gasteiger partial charge in [-0.05, 0) is 37.8 Å². The summed E-state index contributed by atoms with van der Waals surface area (Å²) < 4.78 is 5.34. The lowest BCUT2D eigenvalue weighted by Gasteiger charge is -2.20. The SMILES string of the molecule is CCOCc1ccc(NC(=O)[C@H](CC(N)=O)CC(=O)[C@H](C)NC(=O)[C@H](C)CC(=O)CN2C(=O)CC(SC)C2=O)cc1. The first-order chi connectivity index (χ1) is 19.4. The third-order valence-corrected chi connectivity index (χ3v) is 7.54. The molecule has 0 spiro atoms. The number of rotatable bonds is 17. The van der Waals surface area contributed by atoms with E-state index in [4.69, 9.17) is 10.5 Å². The number of anilines is 1. The van der Waals surface area contributed by atoms with Gasteiger partial charge in [0.15, 0.2) is 11.6 Å². The fourth-order valence-corrected chi connectivity index (χ4v) is 4.82. The minimum atomic E-state index is -1.05. The van der Waals surface area contributed by atoms with Crippen LogP contribution in [0.25, 0.3) is 0 Å². The molecular weight excluding hydrogens is 552 g/mol. The van der Waals surface area contributed by atoms with Crippen molar-refractivity contribution in [1.82, 2.24) is 10.2 Å². The van der Waals surface area contributed by atoms with Crippen molar-refractivity contribution in [2.75, 3.05) is 24.7 Å². The fourth-order valence-electron chi connectivity index (χ4n) is 4.18. The largest absolute Gasteiger partial charge is 0.377 e. The highest BCUT2D eigenvalue weighted by molar-refractivity contribution is 8.00. The standard InChI is InChI=1S/C28H38N4O8S/c1-5-40-15-18-6-8-20(9-7-18)31-27(38)19(12-24(29)35)11-22(34)17(3)30-26(37)16(2)10-21(33)14-32-25(36)13-23(41-4)28(32)39/h6-9,16-17,19,23H,5,10-15H2,1-4H3,(H2,29,35)(H,30,37)(H,31,38)/t16-,17+,19+,23?/m1/s1. The third kappa shape index (κ3) is 10.4. The number of likely N-dealkylation sites (tertiary alicyclic amines) is 1. The smallest absolute Gasteiger partial charge is 0.243 e. The summed E-state index contributed by atoms with van der Waals surface area (Å²) in [5, 5.41) is 4.71. The Labute approximate surface area is 243 Å². The van der Waals surface area contributed by atoms with Crippen molar-refractivity contribution in [3.63, 3.8) is 0 Å². The van der Waals surface area contributed by atoms with E-state index in [1.54, 1.807) is 30.5 Å². The van der Waals surface area contributed by atoms with Crippen molar-refractivity contribution in [3.05, 3.63) is 29.8 Å². The third-order valence-electron chi connectivity index (χ3n) is 6.60. The number of primary amides is 1. The van der Waals surface area contributed by atoms with Gasteiger partial charge in [0, 0.05) is 43.9 Å². The van der Waals surface area contributed by atoms with Gasteiger partial charge in [-0.15, -0.1) is 0 Å². The molecule has 1 unspecified atom stereocenters. The maximum Gasteiger partial charge on any atom is 0.243 e. The number of nitrogens with two attached hydrogens (primary N) is 1. The molecule has 1 aromatic carbocycles. The van der Waals surface area contributed by atoms with Crippen molar-refractivity contribution >= 4 is 58.6 Å². The lowest BCUT2D eigenvalue weighted by molar-refractivity contribution is -0.142. The molecule has 0 bridgehead atoms. The molecule has 1 saturated heterocycles. The average molecular weight is 591 g/mol. The Morgan fingerprint density at radius 2 is 1.71 bits per heavy atom. The first kappa shape index (κ1) is 33.6. The zero-order chi connectivity index (χ0) is 30.7. The second kappa shape index (κ2) is 16.0. The number of ether oxygens (including phenoxy) is 1. The van der Waals surface area contributed by atoms with E-state index in [1.807, 2.05) is 6.92 Å². The van der Waals surface area contributed by atoms with Crippen molar-refractivity contribution in [1.29, 1.82) is 0 Å². The monoisotopic (exact) mass is 590 g/mol. The van der Waals surface area contributed by atoms with Crippen LogP contribution in [0, 0.1) is 11.8 Å². The van der Waals surface area contributed by atoms with Crippen molar-refractivity contribution < 1.29 is 38.3 Å². The molecule has 4 atom stereocenters. The van der Waals surface area contributed by atoms with Crippen LogP contribution in [0.1, 0.15) is 52.0 Å². The Morgan fingerprint density at radius 1 is 1.05 bits per heavy atom. The molecule has 13 heteroatoms. The fraction of sp³-hybridized carbons (Fsp3) is 0.536. The predicted molar refractivity (Wildman–Crippen MR) is 152 cm³/mol. The molecular formula is C28H38N4O8S. The van der Waals surface area contributed by atoms with E-state index in [0.29, 0.717) is 18.9 Å². The Morgan fingerprint density at radius 3 is 2.27 bits per heavy atom. The molecule has 1 fully saturated rings. The van der Waals surface area contributed by atoms with Gasteiger partial charge in [-0.2, -0.15) is 11.8 Å². The molecule has 2 rings (SSSR count). The van der Waals surface area contributed by atoms with Gasteiger partial charge in [0.2, 0.25) is 29.5 Å². The number of nitrogens with zero attached hydrogens (tertiary/aromatic N) is 1. The van der Waals surface area contributed by atoms with Crippen LogP contribution in [-0.4, -0.2) is 76.7 Å². The molecule has 4 N–H and O–H groups in total. The minimum Gasteiger partial charge on any atom is -0.377 e. The summed E-state index contributed by atoms with van der Waals surface area (Å²) >= 11 is 1.24. The number of hydrogen-bond donors (Lipinski definition) is 3. The van der Waals surface area contributed by atoms with Crippen molar-refractivity contribution in [3.8, 4) is 0 Å². The summed E-state index contributed by atoms with van der Waals surface area (Å²) in [4.78, 5) is 87.7. The van der Waals surface area contributed by atoms with Crippen LogP contribution < -0.4 is 16.4 Å². The number of carbonyl (C=O) groups excluding carboxylic acids is 7. The highest BCUT2D eigenvalue weighted by atomic mass is 32.2. The lowest BCUT2D eigenvalue weighted by Crippen LogP contribution is -2.43. The Balaban J connectivity index is 1.91. The van der Waals surface area contributed by atoms with Crippen LogP contribution in [0.4, 0.5) is 5.69 Å². The number of carbonyl (C=O) groups is 7. The highest BCUT2D eigenvalue weighted by Gasteiger charge is 2.39. The normalized spacial score (nSPS) is 17.1. The van der Waals surface area contributed by atoms with Gasteiger partial charge in [-0.1, -0.05) is 19.1 Å². The van der Waals surface area contributed by atoms with E-state index >= 15 is 0 Å². The molecule has 41 heavy (non-hydrogen) atoms. The molecule has 1 aromatic rings. The van der Waals surface area contributed by atoms with Gasteiger partial charge in [-0.3, -0.25) is 38.5 Å². The van der Waals surface area contributed by atoms with E-state index in [1.165, 1.54) is 25.6 Å². The van der Waals surface area contributed by atoms with Gasteiger partial charge in [0.25, 0.3) is 0 Å². The van der Waals surface area contributed by atoms with E-state index in [2.05, 4.69) is 10.6 Å². The summed E-state index contributed by atoms with van der Waals surface area (Å²) in [7, 11) is 0. The molecule has 0 aromatic heterocycles. The van der Waals surface area contributed by atoms with E-state index in [0.717, 1.165) is 10.5 Å². The number of imide groups is 1. The number of benzene rings is 1. The van der Waals surface area contributed by atoms with Crippen molar-refractivity contribution in [2.45, 2.75) is 64.4 Å². The Kier molecular flexibility index (Phi) is 13.1. The number of amides is 5. The molecule has 0 saturated carbocycles. The zero-order valence-electron chi connectivity index (χ0n) is 23.8. The molecule has 224 valence electrons. The van der Waals surface area contributed by atoms with E-state index in [9.17, 15) is 33.6 Å². The molecule has 0 radical (unpaired) electrons. The van der Waals surface area contributed by atoms with E-state index < -0.39 is 70.8 Å². The second-order valence-corrected chi connectivity index (χ2v) is 11.0. The van der Waals surface area contributed by atoms with Crippen molar-refractivity contribution in [2.24, 2.45) is 17.6 Å². The molecule has 1 aliphatic heterocycles. The van der Waals surface area contributed by atoms with Crippen LogP contribution in [0.3, 0.4) is 0 Å². The maximum atomic E-state index is 12.9. The number of Topliss-reactive ketones (excluding diaryl/α,β-unsaturated/α-hetero) is 2. The molecule has 0 aliphatic carbocycles. The molecule has 1 aliphatic rings. The summed E-state index contributed by atoms with van der Waals surface area (Å²) in [5.74, 6) is -5.59. The molecule has 5 amide bonds. The van der Waals surface area contributed by atoms with Gasteiger partial charge in [0.05, 0.1) is 30.4 Å². The number of nitrogens with one attached hydrogen (secondary N) is 2. The van der Waals surface area contributed by atoms with Gasteiger partial charge in [0.1, 0.15) is 0 Å². The maximum absolute atomic E-state index is 12.9. The van der Waals surface area contributed by atoms with Crippen LogP contribution in [0.15, 0.2) is 24.3 Å². The lowest BCUT2D eigenvalue weighted by atomic mass is 9.94. The second-order valence-electron chi connectivity index (χ2n) is 9.98. The number of thioether (sulfide) groups is 1. The van der Waals surface area contributed by atoms with Gasteiger partial charge < -0.3 is 21.1 Å².